The summed E-state index contributed by atoms with van der Waals surface area (Å²) in [6, 6.07) is 5.66. The summed E-state index contributed by atoms with van der Waals surface area (Å²) in [4.78, 5) is 11.1. The number of nitrogens with zero attached hydrogens (tertiary/aromatic N) is 4. The molecule has 24 heavy (non-hydrogen) atoms. The molecule has 2 aromatic heterocycles. The molecule has 1 fully saturated rings. The van der Waals surface area contributed by atoms with Crippen LogP contribution in [0.25, 0.3) is 16.9 Å². The molecule has 7 heteroatoms. The molecule has 4 rings (SSSR count). The highest BCUT2D eigenvalue weighted by Crippen LogP contribution is 2.32. The van der Waals surface area contributed by atoms with Gasteiger partial charge in [-0.05, 0) is 24.6 Å². The molecule has 1 atom stereocenters. The van der Waals surface area contributed by atoms with Crippen LogP contribution in [0, 0.1) is 0 Å². The third-order valence-electron chi connectivity index (χ3n) is 4.32. The van der Waals surface area contributed by atoms with Gasteiger partial charge in [0, 0.05) is 31.0 Å². The number of halogens is 1. The maximum absolute atomic E-state index is 9.77. The second-order valence-corrected chi connectivity index (χ2v) is 6.23. The number of ether oxygens (including phenoxy) is 1. The first-order chi connectivity index (χ1) is 11.7. The van der Waals surface area contributed by atoms with E-state index in [1.54, 1.807) is 13.3 Å². The molecule has 0 aliphatic carbocycles. The average Bonchev–Trinajstić information content (AvgIpc) is 3.20. The number of aromatic nitrogens is 3. The Balaban J connectivity index is 1.79. The summed E-state index contributed by atoms with van der Waals surface area (Å²) in [6.07, 6.45) is 5.90. The van der Waals surface area contributed by atoms with Crippen LogP contribution in [0.15, 0.2) is 36.8 Å². The molecule has 3 aromatic rings. The summed E-state index contributed by atoms with van der Waals surface area (Å²) in [6.45, 7) is 1.37. The standard InChI is InChI=1S/C17H17ClN4O2/c1-24-15-3-2-11(8-13(15)18)14-9-20-17-16(19-5-7-22(14)17)21-6-4-12(23)10-21/h2-3,5,7-9,12,23H,4,6,10H2,1H3. The SMILES string of the molecule is COc1ccc(-c2cnc3c(N4CCC(O)C4)nccn23)cc1Cl. The van der Waals surface area contributed by atoms with Crippen molar-refractivity contribution in [2.75, 3.05) is 25.1 Å². The number of hydrogen-bond acceptors (Lipinski definition) is 5. The topological polar surface area (TPSA) is 62.9 Å². The van der Waals surface area contributed by atoms with Crippen LogP contribution in [0.3, 0.4) is 0 Å². The Morgan fingerprint density at radius 1 is 1.33 bits per heavy atom. The normalized spacial score (nSPS) is 17.6. The van der Waals surface area contributed by atoms with Crippen molar-refractivity contribution in [2.24, 2.45) is 0 Å². The van der Waals surface area contributed by atoms with E-state index in [1.807, 2.05) is 35.0 Å². The van der Waals surface area contributed by atoms with Gasteiger partial charge in [0.25, 0.3) is 0 Å². The summed E-state index contributed by atoms with van der Waals surface area (Å²) in [5, 5.41) is 10.3. The van der Waals surface area contributed by atoms with E-state index >= 15 is 0 Å². The van der Waals surface area contributed by atoms with Crippen molar-refractivity contribution in [1.29, 1.82) is 0 Å². The first-order valence-corrected chi connectivity index (χ1v) is 8.14. The van der Waals surface area contributed by atoms with Crippen LogP contribution in [0.2, 0.25) is 5.02 Å². The van der Waals surface area contributed by atoms with Crippen molar-refractivity contribution in [2.45, 2.75) is 12.5 Å². The highest BCUT2D eigenvalue weighted by atomic mass is 35.5. The second kappa shape index (κ2) is 5.96. The molecular weight excluding hydrogens is 328 g/mol. The zero-order chi connectivity index (χ0) is 16.7. The first-order valence-electron chi connectivity index (χ1n) is 7.76. The van der Waals surface area contributed by atoms with Crippen LogP contribution in [0.1, 0.15) is 6.42 Å². The van der Waals surface area contributed by atoms with Crippen LogP contribution in [-0.2, 0) is 0 Å². The number of anilines is 1. The van der Waals surface area contributed by atoms with E-state index in [2.05, 4.69) is 14.9 Å². The van der Waals surface area contributed by atoms with Crippen molar-refractivity contribution in [3.63, 3.8) is 0 Å². The van der Waals surface area contributed by atoms with E-state index in [1.165, 1.54) is 0 Å². The van der Waals surface area contributed by atoms with Crippen molar-refractivity contribution in [3.05, 3.63) is 41.8 Å². The molecule has 1 unspecified atom stereocenters. The van der Waals surface area contributed by atoms with E-state index in [4.69, 9.17) is 16.3 Å². The number of fused-ring (bicyclic) bond motifs is 1. The van der Waals surface area contributed by atoms with Crippen LogP contribution in [0.5, 0.6) is 5.75 Å². The highest BCUT2D eigenvalue weighted by molar-refractivity contribution is 6.32. The van der Waals surface area contributed by atoms with Gasteiger partial charge < -0.3 is 14.7 Å². The number of methoxy groups -OCH3 is 1. The Hall–Kier alpha value is -2.31. The maximum atomic E-state index is 9.77. The number of aliphatic hydroxyl groups is 1. The minimum Gasteiger partial charge on any atom is -0.495 e. The minimum atomic E-state index is -0.304. The lowest BCUT2D eigenvalue weighted by atomic mass is 10.1. The van der Waals surface area contributed by atoms with Crippen LogP contribution >= 0.6 is 11.6 Å². The van der Waals surface area contributed by atoms with Gasteiger partial charge in [0.05, 0.1) is 30.1 Å². The molecule has 3 heterocycles. The van der Waals surface area contributed by atoms with E-state index in [9.17, 15) is 5.11 Å². The van der Waals surface area contributed by atoms with Crippen LogP contribution < -0.4 is 9.64 Å². The van der Waals surface area contributed by atoms with Gasteiger partial charge in [-0.25, -0.2) is 9.97 Å². The van der Waals surface area contributed by atoms with Gasteiger partial charge in [-0.1, -0.05) is 11.6 Å². The molecule has 6 nitrogen and oxygen atoms in total. The highest BCUT2D eigenvalue weighted by Gasteiger charge is 2.24. The molecule has 0 spiro atoms. The van der Waals surface area contributed by atoms with Gasteiger partial charge in [-0.15, -0.1) is 0 Å². The second-order valence-electron chi connectivity index (χ2n) is 5.83. The monoisotopic (exact) mass is 344 g/mol. The Morgan fingerprint density at radius 2 is 2.21 bits per heavy atom. The van der Waals surface area contributed by atoms with Crippen molar-refractivity contribution in [3.8, 4) is 17.0 Å². The quantitative estimate of drug-likeness (QED) is 0.791. The summed E-state index contributed by atoms with van der Waals surface area (Å²) >= 11 is 6.25. The van der Waals surface area contributed by atoms with Crippen LogP contribution in [-0.4, -0.2) is 45.8 Å². The summed E-state index contributed by atoms with van der Waals surface area (Å²) in [5.74, 6) is 1.43. The predicted octanol–water partition coefficient (Wildman–Crippen LogP) is 2.63. The zero-order valence-corrected chi connectivity index (χ0v) is 13.9. The Morgan fingerprint density at radius 3 is 2.92 bits per heavy atom. The molecule has 1 aliphatic heterocycles. The number of hydrogen-bond donors (Lipinski definition) is 1. The first kappa shape index (κ1) is 15.2. The molecule has 1 N–H and O–H groups in total. The fraction of sp³-hybridized carbons (Fsp3) is 0.294. The van der Waals surface area contributed by atoms with Gasteiger partial charge in [0.15, 0.2) is 11.5 Å². The molecule has 1 aromatic carbocycles. The van der Waals surface area contributed by atoms with E-state index in [-0.39, 0.29) is 6.10 Å². The van der Waals surface area contributed by atoms with Gasteiger partial charge in [0.1, 0.15) is 5.75 Å². The number of aliphatic hydroxyl groups excluding tert-OH is 1. The molecule has 0 saturated carbocycles. The number of rotatable bonds is 3. The van der Waals surface area contributed by atoms with Crippen molar-refractivity contribution >= 4 is 23.1 Å². The molecule has 124 valence electrons. The fourth-order valence-electron chi connectivity index (χ4n) is 3.10. The smallest absolute Gasteiger partial charge is 0.180 e. The van der Waals surface area contributed by atoms with Crippen molar-refractivity contribution in [1.82, 2.24) is 14.4 Å². The Labute approximate surface area is 144 Å². The predicted molar refractivity (Wildman–Crippen MR) is 92.8 cm³/mol. The van der Waals surface area contributed by atoms with E-state index < -0.39 is 0 Å². The van der Waals surface area contributed by atoms with Gasteiger partial charge in [-0.2, -0.15) is 0 Å². The zero-order valence-electron chi connectivity index (χ0n) is 13.2. The lowest BCUT2D eigenvalue weighted by Crippen LogP contribution is -2.23. The summed E-state index contributed by atoms with van der Waals surface area (Å²) in [5.41, 5.74) is 2.65. The van der Waals surface area contributed by atoms with Gasteiger partial charge >= 0.3 is 0 Å². The average molecular weight is 345 g/mol. The van der Waals surface area contributed by atoms with Crippen LogP contribution in [0.4, 0.5) is 5.82 Å². The fourth-order valence-corrected chi connectivity index (χ4v) is 3.36. The van der Waals surface area contributed by atoms with Gasteiger partial charge in [-0.3, -0.25) is 4.40 Å². The van der Waals surface area contributed by atoms with E-state index in [0.717, 1.165) is 35.7 Å². The maximum Gasteiger partial charge on any atom is 0.180 e. The number of β-amino-alcohol motifs (C(OH)–C–C–N with tert-alkyl or cyclic N) is 1. The molecule has 0 bridgehead atoms. The molecule has 0 amide bonds. The van der Waals surface area contributed by atoms with E-state index in [0.29, 0.717) is 17.3 Å². The minimum absolute atomic E-state index is 0.304. The third-order valence-corrected chi connectivity index (χ3v) is 4.62. The molecule has 0 radical (unpaired) electrons. The molecule has 1 saturated heterocycles. The largest absolute Gasteiger partial charge is 0.495 e. The lowest BCUT2D eigenvalue weighted by molar-refractivity contribution is 0.198. The third kappa shape index (κ3) is 2.48. The number of imidazole rings is 1. The summed E-state index contributed by atoms with van der Waals surface area (Å²) < 4.78 is 7.20. The molecular formula is C17H17ClN4O2. The molecule has 1 aliphatic rings. The van der Waals surface area contributed by atoms with Crippen molar-refractivity contribution < 1.29 is 9.84 Å². The Bertz CT molecular complexity index is 895. The Kier molecular flexibility index (Phi) is 3.78. The lowest BCUT2D eigenvalue weighted by Gasteiger charge is -2.17. The van der Waals surface area contributed by atoms with Gasteiger partial charge in [0.2, 0.25) is 0 Å². The number of benzene rings is 1. The summed E-state index contributed by atoms with van der Waals surface area (Å²) in [7, 11) is 1.59.